The highest BCUT2D eigenvalue weighted by Gasteiger charge is 2.30. The van der Waals surface area contributed by atoms with Crippen LogP contribution in [0.25, 0.3) is 0 Å². The summed E-state index contributed by atoms with van der Waals surface area (Å²) in [5.41, 5.74) is 0. The lowest BCUT2D eigenvalue weighted by molar-refractivity contribution is -0.187. The highest BCUT2D eigenvalue weighted by atomic mass is 19.4. The normalized spacial score (nSPS) is 12.1. The number of alkyl halides is 6. The van der Waals surface area contributed by atoms with E-state index in [1.165, 1.54) is 0 Å². The number of rotatable bonds is 6. The van der Waals surface area contributed by atoms with Crippen LogP contribution in [0.2, 0.25) is 0 Å². The fourth-order valence-corrected chi connectivity index (χ4v) is 0.846. The van der Waals surface area contributed by atoms with E-state index in [0.717, 1.165) is 0 Å². The van der Waals surface area contributed by atoms with Crippen LogP contribution in [0.15, 0.2) is 0 Å². The molecule has 0 spiro atoms. The molecule has 0 bridgehead atoms. The maximum absolute atomic E-state index is 11.6. The highest BCUT2D eigenvalue weighted by molar-refractivity contribution is 5.72. The summed E-state index contributed by atoms with van der Waals surface area (Å²) in [6.45, 7) is -3.49. The Hall–Kier alpha value is -1.48. The summed E-state index contributed by atoms with van der Waals surface area (Å²) >= 11 is 0. The average Bonchev–Trinajstić information content (AvgIpc) is 2.22. The van der Waals surface area contributed by atoms with Crippen LogP contribution in [0, 0.1) is 0 Å². The van der Waals surface area contributed by atoms with Gasteiger partial charge in [0.05, 0.1) is 0 Å². The maximum atomic E-state index is 11.6. The van der Waals surface area contributed by atoms with Gasteiger partial charge in [-0.1, -0.05) is 0 Å². The molecule has 0 saturated heterocycles. The number of hydrogen-bond donors (Lipinski definition) is 0. The minimum absolute atomic E-state index is 0.257. The van der Waals surface area contributed by atoms with Gasteiger partial charge in [0.25, 0.3) is 0 Å². The van der Waals surface area contributed by atoms with Crippen LogP contribution in [-0.2, 0) is 19.1 Å². The van der Waals surface area contributed by atoms with E-state index in [2.05, 4.69) is 9.47 Å². The van der Waals surface area contributed by atoms with Crippen LogP contribution >= 0.6 is 0 Å². The Morgan fingerprint density at radius 1 is 0.737 bits per heavy atom. The topological polar surface area (TPSA) is 52.6 Å². The highest BCUT2D eigenvalue weighted by Crippen LogP contribution is 2.16. The molecular weight excluding hydrogens is 286 g/mol. The molecular formula is C9H10F6O4. The van der Waals surface area contributed by atoms with Gasteiger partial charge in [0.15, 0.2) is 13.2 Å². The largest absolute Gasteiger partial charge is 0.456 e. The lowest BCUT2D eigenvalue weighted by Gasteiger charge is -2.08. The van der Waals surface area contributed by atoms with E-state index in [4.69, 9.17) is 0 Å². The number of esters is 2. The van der Waals surface area contributed by atoms with Crippen LogP contribution in [0.1, 0.15) is 19.3 Å². The molecule has 0 atom stereocenters. The van der Waals surface area contributed by atoms with Gasteiger partial charge in [-0.15, -0.1) is 0 Å². The Kier molecular flexibility index (Phi) is 6.63. The fraction of sp³-hybridized carbons (Fsp3) is 0.778. The van der Waals surface area contributed by atoms with E-state index in [1.807, 2.05) is 0 Å². The van der Waals surface area contributed by atoms with Crippen molar-refractivity contribution in [3.8, 4) is 0 Å². The van der Waals surface area contributed by atoms with Crippen LogP contribution in [0.5, 0.6) is 0 Å². The summed E-state index contributed by atoms with van der Waals surface area (Å²) in [4.78, 5) is 21.5. The summed E-state index contributed by atoms with van der Waals surface area (Å²) in [6.07, 6.45) is -10.6. The third-order valence-electron chi connectivity index (χ3n) is 1.56. The second-order valence-electron chi connectivity index (χ2n) is 3.41. The number of hydrogen-bond acceptors (Lipinski definition) is 4. The first-order chi connectivity index (χ1) is 8.49. The fourth-order valence-electron chi connectivity index (χ4n) is 0.846. The van der Waals surface area contributed by atoms with Crippen LogP contribution < -0.4 is 0 Å². The van der Waals surface area contributed by atoms with E-state index in [0.29, 0.717) is 0 Å². The van der Waals surface area contributed by atoms with Gasteiger partial charge in [0.2, 0.25) is 0 Å². The quantitative estimate of drug-likeness (QED) is 0.558. The van der Waals surface area contributed by atoms with Crippen molar-refractivity contribution >= 4 is 11.9 Å². The maximum Gasteiger partial charge on any atom is 0.422 e. The molecule has 0 saturated carbocycles. The van der Waals surface area contributed by atoms with Gasteiger partial charge in [0, 0.05) is 12.8 Å². The summed E-state index contributed by atoms with van der Waals surface area (Å²) in [5.74, 6) is -2.39. The minimum atomic E-state index is -4.65. The zero-order chi connectivity index (χ0) is 15.1. The minimum Gasteiger partial charge on any atom is -0.456 e. The Labute approximate surface area is 103 Å². The van der Waals surface area contributed by atoms with E-state index < -0.39 is 50.3 Å². The van der Waals surface area contributed by atoms with Gasteiger partial charge in [-0.2, -0.15) is 26.3 Å². The Balaban J connectivity index is 3.68. The molecule has 0 aromatic carbocycles. The van der Waals surface area contributed by atoms with Gasteiger partial charge in [0.1, 0.15) is 0 Å². The Morgan fingerprint density at radius 3 is 1.32 bits per heavy atom. The smallest absolute Gasteiger partial charge is 0.422 e. The molecule has 0 aliphatic rings. The lowest BCUT2D eigenvalue weighted by Crippen LogP contribution is -2.21. The third-order valence-corrected chi connectivity index (χ3v) is 1.56. The lowest BCUT2D eigenvalue weighted by atomic mass is 10.2. The second-order valence-corrected chi connectivity index (χ2v) is 3.41. The van der Waals surface area contributed by atoms with Crippen molar-refractivity contribution in [2.75, 3.05) is 13.2 Å². The molecule has 0 amide bonds. The van der Waals surface area contributed by atoms with Crippen LogP contribution in [0.4, 0.5) is 26.3 Å². The van der Waals surface area contributed by atoms with Crippen molar-refractivity contribution < 1.29 is 45.4 Å². The summed E-state index contributed by atoms with van der Waals surface area (Å²) in [7, 11) is 0. The van der Waals surface area contributed by atoms with Gasteiger partial charge in [-0.05, 0) is 6.42 Å². The van der Waals surface area contributed by atoms with E-state index in [1.54, 1.807) is 0 Å². The number of ether oxygens (including phenoxy) is 2. The van der Waals surface area contributed by atoms with Crippen molar-refractivity contribution in [2.24, 2.45) is 0 Å². The molecule has 19 heavy (non-hydrogen) atoms. The standard InChI is InChI=1S/C9H10F6O4/c10-8(11,12)4-18-6(16)2-1-3-7(17)19-5-9(13,14)15/h1-5H2. The van der Waals surface area contributed by atoms with Crippen molar-refractivity contribution in [3.63, 3.8) is 0 Å². The molecule has 0 aliphatic carbocycles. The van der Waals surface area contributed by atoms with Crippen molar-refractivity contribution in [1.29, 1.82) is 0 Å². The predicted octanol–water partition coefficient (Wildman–Crippen LogP) is 2.37. The first kappa shape index (κ1) is 17.5. The number of carbonyl (C=O) groups is 2. The van der Waals surface area contributed by atoms with Gasteiger partial charge in [-0.25, -0.2) is 0 Å². The summed E-state index contributed by atoms with van der Waals surface area (Å²) in [6, 6.07) is 0. The van der Waals surface area contributed by atoms with Crippen molar-refractivity contribution in [3.05, 3.63) is 0 Å². The zero-order valence-electron chi connectivity index (χ0n) is 9.44. The van der Waals surface area contributed by atoms with Crippen molar-refractivity contribution in [1.82, 2.24) is 0 Å². The van der Waals surface area contributed by atoms with Crippen LogP contribution in [-0.4, -0.2) is 37.5 Å². The Bertz CT molecular complexity index is 279. The summed E-state index contributed by atoms with van der Waals surface area (Å²) in [5, 5.41) is 0. The van der Waals surface area contributed by atoms with Gasteiger partial charge in [-0.3, -0.25) is 9.59 Å². The van der Waals surface area contributed by atoms with E-state index in [-0.39, 0.29) is 6.42 Å². The molecule has 0 N–H and O–H groups in total. The van der Waals surface area contributed by atoms with E-state index in [9.17, 15) is 35.9 Å². The summed E-state index contributed by atoms with van der Waals surface area (Å²) < 4.78 is 77.3. The molecule has 0 rings (SSSR count). The monoisotopic (exact) mass is 296 g/mol. The molecule has 10 heteroatoms. The molecule has 0 heterocycles. The average molecular weight is 296 g/mol. The van der Waals surface area contributed by atoms with E-state index >= 15 is 0 Å². The zero-order valence-corrected chi connectivity index (χ0v) is 9.44. The molecule has 0 fully saturated rings. The SMILES string of the molecule is O=C(CCCC(=O)OCC(F)(F)F)OCC(F)(F)F. The number of halogens is 6. The molecule has 0 unspecified atom stereocenters. The molecule has 0 aromatic heterocycles. The van der Waals surface area contributed by atoms with Gasteiger partial charge < -0.3 is 9.47 Å². The predicted molar refractivity (Wildman–Crippen MR) is 47.9 cm³/mol. The molecule has 112 valence electrons. The molecule has 0 radical (unpaired) electrons. The first-order valence-corrected chi connectivity index (χ1v) is 4.94. The van der Waals surface area contributed by atoms with Crippen molar-refractivity contribution in [2.45, 2.75) is 31.6 Å². The van der Waals surface area contributed by atoms with Gasteiger partial charge >= 0.3 is 24.3 Å². The third kappa shape index (κ3) is 12.8. The first-order valence-electron chi connectivity index (χ1n) is 4.94. The molecule has 0 aromatic rings. The Morgan fingerprint density at radius 2 is 1.05 bits per heavy atom. The second kappa shape index (κ2) is 7.19. The van der Waals surface area contributed by atoms with Crippen LogP contribution in [0.3, 0.4) is 0 Å². The number of carbonyl (C=O) groups excluding carboxylic acids is 2. The molecule has 0 aliphatic heterocycles. The molecule has 4 nitrogen and oxygen atoms in total.